The Balaban J connectivity index is 1.04. The van der Waals surface area contributed by atoms with Crippen molar-refractivity contribution in [2.45, 2.75) is 62.7 Å². The molecular weight excluding hydrogens is 777 g/mol. The summed E-state index contributed by atoms with van der Waals surface area (Å²) in [5.41, 5.74) is 15.1. The summed E-state index contributed by atoms with van der Waals surface area (Å²) in [6.45, 7) is 4.98. The van der Waals surface area contributed by atoms with Gasteiger partial charge >= 0.3 is 0 Å². The molecular formula is C62H52S. The van der Waals surface area contributed by atoms with E-state index in [-0.39, 0.29) is 17.3 Å². The molecule has 4 atom stereocenters. The summed E-state index contributed by atoms with van der Waals surface area (Å²) < 4.78 is 2.73. The molecule has 0 nitrogen and oxygen atoms in total. The minimum atomic E-state index is -0.332. The summed E-state index contributed by atoms with van der Waals surface area (Å²) in [4.78, 5) is 0. The number of hydrogen-bond donors (Lipinski definition) is 0. The molecule has 0 fully saturated rings. The fourth-order valence-corrected chi connectivity index (χ4v) is 12.3. The second-order valence-electron chi connectivity index (χ2n) is 18.0. The molecule has 11 rings (SSSR count). The van der Waals surface area contributed by atoms with E-state index in [0.717, 1.165) is 25.7 Å². The zero-order chi connectivity index (χ0) is 42.3. The molecule has 1 heterocycles. The number of benzene rings is 9. The summed E-state index contributed by atoms with van der Waals surface area (Å²) in [6, 6.07) is 80.1. The van der Waals surface area contributed by atoms with Crippen molar-refractivity contribution in [3.05, 3.63) is 262 Å². The van der Waals surface area contributed by atoms with Gasteiger partial charge in [0.15, 0.2) is 0 Å². The van der Waals surface area contributed by atoms with Crippen molar-refractivity contribution < 1.29 is 0 Å². The van der Waals surface area contributed by atoms with Crippen LogP contribution in [-0.4, -0.2) is 0 Å². The van der Waals surface area contributed by atoms with E-state index in [1.165, 1.54) is 92.1 Å². The summed E-state index contributed by atoms with van der Waals surface area (Å²) in [5.74, 6) is 0.958. The first-order valence-electron chi connectivity index (χ1n) is 22.8. The van der Waals surface area contributed by atoms with E-state index in [1.807, 2.05) is 11.3 Å². The Morgan fingerprint density at radius 3 is 1.83 bits per heavy atom. The molecule has 1 aromatic heterocycles. The third-order valence-corrected chi connectivity index (χ3v) is 15.6. The molecule has 10 aromatic rings. The van der Waals surface area contributed by atoms with Crippen LogP contribution < -0.4 is 0 Å². The lowest BCUT2D eigenvalue weighted by atomic mass is 9.72. The molecule has 63 heavy (non-hydrogen) atoms. The number of thiophene rings is 1. The highest BCUT2D eigenvalue weighted by atomic mass is 32.1. The van der Waals surface area contributed by atoms with Crippen LogP contribution in [0.1, 0.15) is 88.1 Å². The van der Waals surface area contributed by atoms with Gasteiger partial charge < -0.3 is 0 Å². The maximum absolute atomic E-state index is 2.61. The van der Waals surface area contributed by atoms with Crippen molar-refractivity contribution >= 4 is 42.3 Å². The molecule has 0 radical (unpaired) electrons. The molecule has 1 aliphatic rings. The minimum absolute atomic E-state index is 0.260. The molecule has 0 saturated heterocycles. The Labute approximate surface area is 376 Å². The van der Waals surface area contributed by atoms with Crippen LogP contribution in [0.2, 0.25) is 0 Å². The molecule has 4 unspecified atom stereocenters. The highest BCUT2D eigenvalue weighted by Gasteiger charge is 2.43. The molecule has 1 aliphatic carbocycles. The molecule has 0 amide bonds. The van der Waals surface area contributed by atoms with Crippen molar-refractivity contribution in [2.24, 2.45) is 0 Å². The van der Waals surface area contributed by atoms with Gasteiger partial charge in [-0.3, -0.25) is 0 Å². The van der Waals surface area contributed by atoms with Crippen LogP contribution in [0.4, 0.5) is 0 Å². The minimum Gasteiger partial charge on any atom is -0.135 e. The number of aryl methyl sites for hydroxylation is 1. The number of fused-ring (bicyclic) bond motifs is 8. The molecule has 0 aliphatic heterocycles. The van der Waals surface area contributed by atoms with Gasteiger partial charge in [0.2, 0.25) is 0 Å². The highest BCUT2D eigenvalue weighted by Crippen LogP contribution is 2.56. The number of hydrogen-bond acceptors (Lipinski definition) is 1. The van der Waals surface area contributed by atoms with Crippen LogP contribution in [0.15, 0.2) is 212 Å². The SMILES string of the molecule is CC(c1ccc2c(c1)C(C)(c1ccccc1)c1cc(CCC(Cc3ccccc3)c3ccccc3)c3ccccc3c1-2)C(Cc1ccccc1)c1cccc2sc3ccccc3c12. The predicted octanol–water partition coefficient (Wildman–Crippen LogP) is 16.6. The Morgan fingerprint density at radius 2 is 1.10 bits per heavy atom. The van der Waals surface area contributed by atoms with Crippen LogP contribution in [0.25, 0.3) is 42.1 Å². The Morgan fingerprint density at radius 1 is 0.492 bits per heavy atom. The first-order chi connectivity index (χ1) is 31.0. The highest BCUT2D eigenvalue weighted by molar-refractivity contribution is 7.25. The molecule has 0 bridgehead atoms. The normalized spacial score (nSPS) is 15.9. The van der Waals surface area contributed by atoms with Crippen LogP contribution >= 0.6 is 11.3 Å². The summed E-state index contributed by atoms with van der Waals surface area (Å²) in [6.07, 6.45) is 4.09. The van der Waals surface area contributed by atoms with Crippen molar-refractivity contribution in [1.29, 1.82) is 0 Å². The second kappa shape index (κ2) is 16.6. The van der Waals surface area contributed by atoms with Crippen molar-refractivity contribution in [1.82, 2.24) is 0 Å². The lowest BCUT2D eigenvalue weighted by Crippen LogP contribution is -2.23. The van der Waals surface area contributed by atoms with Crippen LogP contribution in [0, 0.1) is 0 Å². The fraction of sp³-hybridized carbons (Fsp3) is 0.161. The van der Waals surface area contributed by atoms with Gasteiger partial charge in [0.05, 0.1) is 0 Å². The third kappa shape index (κ3) is 7.10. The van der Waals surface area contributed by atoms with Gasteiger partial charge in [-0.15, -0.1) is 11.3 Å². The average Bonchev–Trinajstić information content (AvgIpc) is 3.86. The van der Waals surface area contributed by atoms with E-state index < -0.39 is 0 Å². The summed E-state index contributed by atoms with van der Waals surface area (Å²) in [5, 5.41) is 5.54. The van der Waals surface area contributed by atoms with Gasteiger partial charge in [0.25, 0.3) is 0 Å². The summed E-state index contributed by atoms with van der Waals surface area (Å²) in [7, 11) is 0. The molecule has 0 N–H and O–H groups in total. The van der Waals surface area contributed by atoms with Gasteiger partial charge in [0.1, 0.15) is 0 Å². The van der Waals surface area contributed by atoms with E-state index in [1.54, 1.807) is 0 Å². The lowest BCUT2D eigenvalue weighted by molar-refractivity contribution is 0.574. The first-order valence-corrected chi connectivity index (χ1v) is 23.6. The molecule has 0 spiro atoms. The monoisotopic (exact) mass is 828 g/mol. The predicted molar refractivity (Wildman–Crippen MR) is 270 cm³/mol. The largest absolute Gasteiger partial charge is 0.135 e. The zero-order valence-electron chi connectivity index (χ0n) is 36.2. The van der Waals surface area contributed by atoms with Crippen molar-refractivity contribution in [3.63, 3.8) is 0 Å². The van der Waals surface area contributed by atoms with E-state index in [2.05, 4.69) is 226 Å². The van der Waals surface area contributed by atoms with E-state index in [0.29, 0.717) is 5.92 Å². The van der Waals surface area contributed by atoms with Crippen LogP contribution in [-0.2, 0) is 24.7 Å². The molecule has 306 valence electrons. The topological polar surface area (TPSA) is 0 Å². The fourth-order valence-electron chi connectivity index (χ4n) is 11.2. The Hall–Kier alpha value is -6.54. The second-order valence-corrected chi connectivity index (χ2v) is 19.1. The quantitative estimate of drug-likeness (QED) is 0.115. The molecule has 9 aromatic carbocycles. The van der Waals surface area contributed by atoms with E-state index >= 15 is 0 Å². The van der Waals surface area contributed by atoms with Gasteiger partial charge in [-0.05, 0) is 134 Å². The Kier molecular flexibility index (Phi) is 10.4. The standard InChI is InChI=1S/C62H52S/c1-42(55(39-44-22-9-4-10-23-44)52-31-19-33-59-61(52)54-30-17-18-32-58(54)63-59)46-36-37-53-56(40-46)62(2,49-26-13-6-14-27-49)57-41-48(50-28-15-16-29-51(50)60(53)57)35-34-47(45-24-11-5-12-25-45)38-43-20-7-3-8-21-43/h3-33,36-37,40-42,47,55H,34-35,38-39H2,1-2H3. The van der Waals surface area contributed by atoms with Crippen LogP contribution in [0.5, 0.6) is 0 Å². The van der Waals surface area contributed by atoms with Gasteiger partial charge in [-0.2, -0.15) is 0 Å². The van der Waals surface area contributed by atoms with Gasteiger partial charge in [-0.25, -0.2) is 0 Å². The van der Waals surface area contributed by atoms with E-state index in [9.17, 15) is 0 Å². The maximum Gasteiger partial charge on any atom is 0.0435 e. The maximum atomic E-state index is 2.61. The molecule has 1 heteroatoms. The van der Waals surface area contributed by atoms with Crippen molar-refractivity contribution in [2.75, 3.05) is 0 Å². The number of rotatable bonds is 12. The zero-order valence-corrected chi connectivity index (χ0v) is 37.0. The summed E-state index contributed by atoms with van der Waals surface area (Å²) >= 11 is 1.92. The smallest absolute Gasteiger partial charge is 0.0435 e. The lowest BCUT2D eigenvalue weighted by Gasteiger charge is -2.31. The Bertz CT molecular complexity index is 3200. The van der Waals surface area contributed by atoms with E-state index in [4.69, 9.17) is 0 Å². The van der Waals surface area contributed by atoms with Crippen molar-refractivity contribution in [3.8, 4) is 11.1 Å². The van der Waals surface area contributed by atoms with Gasteiger partial charge in [0, 0.05) is 25.6 Å². The van der Waals surface area contributed by atoms with Crippen LogP contribution in [0.3, 0.4) is 0 Å². The average molecular weight is 829 g/mol. The first kappa shape index (κ1) is 39.3. The molecule has 0 saturated carbocycles. The van der Waals surface area contributed by atoms with Gasteiger partial charge in [-0.1, -0.05) is 207 Å². The third-order valence-electron chi connectivity index (χ3n) is 14.5.